The second-order valence-electron chi connectivity index (χ2n) is 5.49. The van der Waals surface area contributed by atoms with Crippen LogP contribution in [0.25, 0.3) is 11.1 Å². The predicted molar refractivity (Wildman–Crippen MR) is 84.0 cm³/mol. The Morgan fingerprint density at radius 1 is 1.45 bits per heavy atom. The number of rotatable bonds is 5. The van der Waals surface area contributed by atoms with Crippen LogP contribution in [0.3, 0.4) is 0 Å². The Labute approximate surface area is 129 Å². The maximum Gasteiger partial charge on any atom is 0.333 e. The maximum atomic E-state index is 11.5. The molecule has 2 aromatic rings. The van der Waals surface area contributed by atoms with Crippen LogP contribution in [0.15, 0.2) is 48.8 Å². The molecule has 1 N–H and O–H groups in total. The van der Waals surface area contributed by atoms with Crippen LogP contribution in [0.1, 0.15) is 18.9 Å². The molecule has 0 saturated heterocycles. The van der Waals surface area contributed by atoms with Crippen molar-refractivity contribution < 1.29 is 14.6 Å². The number of aromatic nitrogens is 2. The van der Waals surface area contributed by atoms with Gasteiger partial charge in [-0.25, -0.2) is 4.79 Å². The number of methoxy groups -OCH3 is 1. The summed E-state index contributed by atoms with van der Waals surface area (Å²) < 4.78 is 6.35. The molecule has 1 atom stereocenters. The number of ether oxygens (including phenoxy) is 1. The van der Waals surface area contributed by atoms with E-state index in [1.165, 1.54) is 7.11 Å². The van der Waals surface area contributed by atoms with Crippen molar-refractivity contribution >= 4 is 5.97 Å². The summed E-state index contributed by atoms with van der Waals surface area (Å²) in [6, 6.07) is 7.51. The number of nitrogens with zero attached hydrogens (tertiary/aromatic N) is 2. The number of benzene rings is 1. The van der Waals surface area contributed by atoms with Crippen molar-refractivity contribution in [1.29, 1.82) is 0 Å². The summed E-state index contributed by atoms with van der Waals surface area (Å²) in [5.74, 6) is -0.515. The molecule has 1 aromatic carbocycles. The third-order valence-electron chi connectivity index (χ3n) is 3.55. The number of carbonyl (C=O) groups is 1. The molecule has 0 aliphatic carbocycles. The van der Waals surface area contributed by atoms with Crippen LogP contribution in [-0.2, 0) is 22.2 Å². The van der Waals surface area contributed by atoms with E-state index in [1.807, 2.05) is 37.5 Å². The molecule has 22 heavy (non-hydrogen) atoms. The van der Waals surface area contributed by atoms with Crippen molar-refractivity contribution in [3.63, 3.8) is 0 Å². The van der Waals surface area contributed by atoms with E-state index < -0.39 is 11.6 Å². The van der Waals surface area contributed by atoms with Crippen LogP contribution in [-0.4, -0.2) is 28.0 Å². The predicted octanol–water partition coefficient (Wildman–Crippen LogP) is 2.41. The summed E-state index contributed by atoms with van der Waals surface area (Å²) in [4.78, 5) is 11.5. The minimum absolute atomic E-state index is 0.0942. The molecule has 0 radical (unpaired) electrons. The summed E-state index contributed by atoms with van der Waals surface area (Å²) in [5, 5.41) is 15.0. The molecular formula is C17H20N2O3. The van der Waals surface area contributed by atoms with Gasteiger partial charge in [0, 0.05) is 30.8 Å². The summed E-state index contributed by atoms with van der Waals surface area (Å²) in [7, 11) is 3.13. The smallest absolute Gasteiger partial charge is 0.333 e. The van der Waals surface area contributed by atoms with E-state index in [0.29, 0.717) is 5.56 Å². The van der Waals surface area contributed by atoms with Crippen molar-refractivity contribution in [2.45, 2.75) is 18.9 Å². The number of carbonyl (C=O) groups excluding carboxylic acids is 1. The lowest BCUT2D eigenvalue weighted by atomic mass is 9.85. The van der Waals surface area contributed by atoms with Crippen LogP contribution in [0.2, 0.25) is 0 Å². The fourth-order valence-electron chi connectivity index (χ4n) is 2.49. The Bertz CT molecular complexity index is 701. The number of hydrogen-bond donors (Lipinski definition) is 1. The van der Waals surface area contributed by atoms with Crippen LogP contribution in [0.4, 0.5) is 0 Å². The van der Waals surface area contributed by atoms with E-state index in [-0.39, 0.29) is 12.0 Å². The van der Waals surface area contributed by atoms with Crippen LogP contribution in [0.5, 0.6) is 0 Å². The second kappa shape index (κ2) is 6.15. The lowest BCUT2D eigenvalue weighted by Gasteiger charge is -2.26. The topological polar surface area (TPSA) is 64.4 Å². The first kappa shape index (κ1) is 16.0. The van der Waals surface area contributed by atoms with E-state index in [9.17, 15) is 9.90 Å². The number of aryl methyl sites for hydroxylation is 1. The monoisotopic (exact) mass is 300 g/mol. The van der Waals surface area contributed by atoms with Gasteiger partial charge < -0.3 is 9.84 Å². The summed E-state index contributed by atoms with van der Waals surface area (Å²) >= 11 is 0. The SMILES string of the molecule is C=C(CC(C)(O)c1ccccc1-c1cnn(C)c1)C(=O)OC. The highest BCUT2D eigenvalue weighted by Crippen LogP contribution is 2.35. The zero-order chi connectivity index (χ0) is 16.3. The van der Waals surface area contributed by atoms with Crippen LogP contribution < -0.4 is 0 Å². The van der Waals surface area contributed by atoms with E-state index in [4.69, 9.17) is 0 Å². The third-order valence-corrected chi connectivity index (χ3v) is 3.55. The molecule has 0 aliphatic rings. The van der Waals surface area contributed by atoms with Gasteiger partial charge in [0.1, 0.15) is 0 Å². The number of hydrogen-bond acceptors (Lipinski definition) is 4. The van der Waals surface area contributed by atoms with Gasteiger partial charge >= 0.3 is 5.97 Å². The molecule has 0 bridgehead atoms. The molecule has 2 rings (SSSR count). The molecule has 5 heteroatoms. The molecule has 0 fully saturated rings. The lowest BCUT2D eigenvalue weighted by molar-refractivity contribution is -0.136. The van der Waals surface area contributed by atoms with Crippen LogP contribution >= 0.6 is 0 Å². The molecule has 1 aromatic heterocycles. The van der Waals surface area contributed by atoms with Gasteiger partial charge in [0.2, 0.25) is 0 Å². The van der Waals surface area contributed by atoms with Crippen molar-refractivity contribution in [3.05, 3.63) is 54.4 Å². The highest BCUT2D eigenvalue weighted by molar-refractivity contribution is 5.87. The summed E-state index contributed by atoms with van der Waals surface area (Å²) in [6.45, 7) is 5.35. The Balaban J connectivity index is 2.39. The first-order valence-corrected chi connectivity index (χ1v) is 6.92. The zero-order valence-electron chi connectivity index (χ0n) is 13.0. The molecule has 0 amide bonds. The molecule has 0 aliphatic heterocycles. The fraction of sp³-hybridized carbons (Fsp3) is 0.294. The zero-order valence-corrected chi connectivity index (χ0v) is 13.0. The summed E-state index contributed by atoms with van der Waals surface area (Å²) in [6.07, 6.45) is 3.71. The van der Waals surface area contributed by atoms with Crippen molar-refractivity contribution in [1.82, 2.24) is 9.78 Å². The van der Waals surface area contributed by atoms with E-state index in [0.717, 1.165) is 11.1 Å². The molecular weight excluding hydrogens is 280 g/mol. The molecule has 1 unspecified atom stereocenters. The quantitative estimate of drug-likeness (QED) is 0.680. The van der Waals surface area contributed by atoms with Gasteiger partial charge in [-0.2, -0.15) is 5.10 Å². The molecule has 5 nitrogen and oxygen atoms in total. The largest absolute Gasteiger partial charge is 0.466 e. The average Bonchev–Trinajstić information content (AvgIpc) is 2.92. The third kappa shape index (κ3) is 3.26. The van der Waals surface area contributed by atoms with Gasteiger partial charge in [0.15, 0.2) is 0 Å². The van der Waals surface area contributed by atoms with Crippen molar-refractivity contribution in [3.8, 4) is 11.1 Å². The first-order valence-electron chi connectivity index (χ1n) is 6.92. The molecule has 0 spiro atoms. The highest BCUT2D eigenvalue weighted by Gasteiger charge is 2.29. The number of esters is 1. The Morgan fingerprint density at radius 3 is 2.73 bits per heavy atom. The lowest BCUT2D eigenvalue weighted by Crippen LogP contribution is -2.25. The molecule has 1 heterocycles. The van der Waals surface area contributed by atoms with Gasteiger partial charge in [-0.3, -0.25) is 4.68 Å². The van der Waals surface area contributed by atoms with Crippen molar-refractivity contribution in [2.75, 3.05) is 7.11 Å². The summed E-state index contributed by atoms with van der Waals surface area (Å²) in [5.41, 5.74) is 1.49. The van der Waals surface area contributed by atoms with Gasteiger partial charge in [0.25, 0.3) is 0 Å². The van der Waals surface area contributed by atoms with Gasteiger partial charge in [-0.05, 0) is 18.1 Å². The Morgan fingerprint density at radius 2 is 2.14 bits per heavy atom. The Hall–Kier alpha value is -2.40. The first-order chi connectivity index (χ1) is 10.3. The maximum absolute atomic E-state index is 11.5. The normalized spacial score (nSPS) is 13.5. The minimum Gasteiger partial charge on any atom is -0.466 e. The average molecular weight is 300 g/mol. The van der Waals surface area contributed by atoms with E-state index >= 15 is 0 Å². The standard InChI is InChI=1S/C17H20N2O3/c1-12(16(20)22-4)9-17(2,21)15-8-6-5-7-14(15)13-10-18-19(3)11-13/h5-8,10-11,21H,1,9H2,2-4H3. The minimum atomic E-state index is -1.24. The Kier molecular flexibility index (Phi) is 4.47. The molecule has 116 valence electrons. The van der Waals surface area contributed by atoms with Gasteiger partial charge in [0.05, 0.1) is 18.9 Å². The van der Waals surface area contributed by atoms with Crippen LogP contribution in [0, 0.1) is 0 Å². The highest BCUT2D eigenvalue weighted by atomic mass is 16.5. The van der Waals surface area contributed by atoms with Gasteiger partial charge in [-0.15, -0.1) is 0 Å². The van der Waals surface area contributed by atoms with Gasteiger partial charge in [-0.1, -0.05) is 30.8 Å². The molecule has 0 saturated carbocycles. The van der Waals surface area contributed by atoms with E-state index in [1.54, 1.807) is 17.8 Å². The fourth-order valence-corrected chi connectivity index (χ4v) is 2.49. The second-order valence-corrected chi connectivity index (χ2v) is 5.49. The van der Waals surface area contributed by atoms with E-state index in [2.05, 4.69) is 16.4 Å². The van der Waals surface area contributed by atoms with Crippen molar-refractivity contribution in [2.24, 2.45) is 7.05 Å². The number of aliphatic hydroxyl groups is 1.